The highest BCUT2D eigenvalue weighted by atomic mass is 16.5. The maximum absolute atomic E-state index is 10.1. The number of rotatable bonds is 10. The first-order valence-electron chi connectivity index (χ1n) is 8.89. The molecule has 0 fully saturated rings. The zero-order valence-electron chi connectivity index (χ0n) is 15.2. The van der Waals surface area contributed by atoms with E-state index in [1.54, 1.807) is 18.2 Å². The van der Waals surface area contributed by atoms with E-state index in [1.807, 2.05) is 30.3 Å². The summed E-state index contributed by atoms with van der Waals surface area (Å²) in [6, 6.07) is 16.1. The largest absolute Gasteiger partial charge is 0.508 e. The molecule has 2 aromatic rings. The number of aliphatic hydroxyl groups is 3. The fraction of sp³-hybridized carbons (Fsp3) is 0.318. The fourth-order valence-electron chi connectivity index (χ4n) is 2.58. The minimum atomic E-state index is -0.774. The molecule has 0 amide bonds. The molecule has 0 radical (unpaired) electrons. The van der Waals surface area contributed by atoms with Crippen LogP contribution in [0, 0.1) is 0 Å². The predicted octanol–water partition coefficient (Wildman–Crippen LogP) is 2.86. The van der Waals surface area contributed by atoms with Crippen molar-refractivity contribution in [3.05, 3.63) is 83.1 Å². The van der Waals surface area contributed by atoms with Gasteiger partial charge in [0.15, 0.2) is 0 Å². The van der Waals surface area contributed by atoms with Crippen LogP contribution in [0.1, 0.15) is 30.1 Å². The van der Waals surface area contributed by atoms with Gasteiger partial charge in [0.1, 0.15) is 5.75 Å². The Kier molecular flexibility index (Phi) is 8.78. The van der Waals surface area contributed by atoms with Crippen LogP contribution in [0.5, 0.6) is 5.75 Å². The molecule has 2 rings (SSSR count). The van der Waals surface area contributed by atoms with Crippen molar-refractivity contribution in [2.24, 2.45) is 0 Å². The van der Waals surface area contributed by atoms with Gasteiger partial charge >= 0.3 is 0 Å². The summed E-state index contributed by atoms with van der Waals surface area (Å²) >= 11 is 0. The molecule has 0 aliphatic heterocycles. The fourth-order valence-corrected chi connectivity index (χ4v) is 2.58. The van der Waals surface area contributed by atoms with Crippen molar-refractivity contribution >= 4 is 0 Å². The molecule has 0 spiro atoms. The second kappa shape index (κ2) is 11.3. The molecule has 2 aromatic carbocycles. The number of hydrogen-bond acceptors (Lipinski definition) is 5. The Balaban J connectivity index is 1.80. The Bertz CT molecular complexity index is 750. The van der Waals surface area contributed by atoms with E-state index >= 15 is 0 Å². The molecular weight excluding hydrogens is 344 g/mol. The number of aliphatic hydroxyl groups excluding tert-OH is 3. The molecule has 4 N–H and O–H groups in total. The van der Waals surface area contributed by atoms with E-state index in [1.165, 1.54) is 12.1 Å². The average Bonchev–Trinajstić information content (AvgIpc) is 2.68. The second-order valence-electron chi connectivity index (χ2n) is 6.32. The maximum atomic E-state index is 10.1. The van der Waals surface area contributed by atoms with Gasteiger partial charge in [0.05, 0.1) is 32.0 Å². The summed E-state index contributed by atoms with van der Waals surface area (Å²) in [4.78, 5) is 0. The van der Waals surface area contributed by atoms with Gasteiger partial charge in [-0.3, -0.25) is 0 Å². The lowest BCUT2D eigenvalue weighted by molar-refractivity contribution is 0.0278. The van der Waals surface area contributed by atoms with Crippen molar-refractivity contribution in [3.8, 4) is 5.75 Å². The number of phenols is 1. The van der Waals surface area contributed by atoms with Crippen LogP contribution >= 0.6 is 0 Å². The van der Waals surface area contributed by atoms with Crippen LogP contribution in [-0.4, -0.2) is 39.7 Å². The molecule has 0 unspecified atom stereocenters. The molecule has 0 heterocycles. The Labute approximate surface area is 159 Å². The average molecular weight is 370 g/mol. The first kappa shape index (κ1) is 20.9. The summed E-state index contributed by atoms with van der Waals surface area (Å²) in [5.74, 6) is 0.0979. The van der Waals surface area contributed by atoms with E-state index in [4.69, 9.17) is 4.74 Å². The summed E-state index contributed by atoms with van der Waals surface area (Å²) < 4.78 is 5.49. The van der Waals surface area contributed by atoms with E-state index in [0.29, 0.717) is 17.7 Å². The summed E-state index contributed by atoms with van der Waals surface area (Å²) in [6.07, 6.45) is 0.631. The molecule has 0 bridgehead atoms. The van der Waals surface area contributed by atoms with Crippen LogP contribution in [0.3, 0.4) is 0 Å². The van der Waals surface area contributed by atoms with Crippen LogP contribution in [0.4, 0.5) is 0 Å². The van der Waals surface area contributed by atoms with Crippen LogP contribution in [0.25, 0.3) is 0 Å². The van der Waals surface area contributed by atoms with E-state index < -0.39 is 12.2 Å². The van der Waals surface area contributed by atoms with E-state index in [-0.39, 0.29) is 31.8 Å². The van der Waals surface area contributed by atoms with Gasteiger partial charge in [-0.15, -0.1) is 5.73 Å². The Morgan fingerprint density at radius 1 is 1.07 bits per heavy atom. The third kappa shape index (κ3) is 7.79. The summed E-state index contributed by atoms with van der Waals surface area (Å²) in [6.45, 7) is 0.350. The number of ether oxygens (including phenoxy) is 1. The molecule has 0 aromatic heterocycles. The zero-order valence-corrected chi connectivity index (χ0v) is 15.2. The van der Waals surface area contributed by atoms with Gasteiger partial charge in [0, 0.05) is 12.8 Å². The first-order chi connectivity index (χ1) is 13.1. The lowest BCUT2D eigenvalue weighted by Gasteiger charge is -2.12. The van der Waals surface area contributed by atoms with Crippen molar-refractivity contribution in [2.45, 2.75) is 31.7 Å². The second-order valence-corrected chi connectivity index (χ2v) is 6.32. The Morgan fingerprint density at radius 3 is 2.56 bits per heavy atom. The molecule has 144 valence electrons. The zero-order chi connectivity index (χ0) is 19.5. The molecule has 0 aliphatic carbocycles. The Hall–Kier alpha value is -2.40. The summed E-state index contributed by atoms with van der Waals surface area (Å²) in [7, 11) is 0. The lowest BCUT2D eigenvalue weighted by atomic mass is 10.1. The third-order valence-corrected chi connectivity index (χ3v) is 4.00. The number of aromatic hydroxyl groups is 1. The SMILES string of the molecule is OCC(=C=CC[C@@H](O)c1cccc(O)c1)C[C@@H](O)COCc1ccccc1. The van der Waals surface area contributed by atoms with Crippen LogP contribution in [-0.2, 0) is 11.3 Å². The monoisotopic (exact) mass is 370 g/mol. The molecule has 0 saturated heterocycles. The van der Waals surface area contributed by atoms with Crippen LogP contribution < -0.4 is 0 Å². The standard InChI is InChI=1S/C22H26O5/c23-14-18(8-4-11-22(26)19-9-5-10-20(24)13-19)12-21(25)16-27-15-17-6-2-1-3-7-17/h1-7,9-10,13,21-26H,11-12,14-16H2/t8?,21-,22-/m1/s1. The number of benzene rings is 2. The molecule has 5 nitrogen and oxygen atoms in total. The van der Waals surface area contributed by atoms with Crippen LogP contribution in [0.2, 0.25) is 0 Å². The quantitative estimate of drug-likeness (QED) is 0.483. The van der Waals surface area contributed by atoms with Gasteiger partial charge in [-0.25, -0.2) is 0 Å². The van der Waals surface area contributed by atoms with Gasteiger partial charge < -0.3 is 25.2 Å². The van der Waals surface area contributed by atoms with Gasteiger partial charge in [0.2, 0.25) is 0 Å². The summed E-state index contributed by atoms with van der Waals surface area (Å²) in [5.41, 5.74) is 5.10. The number of phenolic OH excluding ortho intramolecular Hbond substituents is 1. The summed E-state index contributed by atoms with van der Waals surface area (Å²) in [5, 5.41) is 39.0. The van der Waals surface area contributed by atoms with Gasteiger partial charge in [-0.1, -0.05) is 42.5 Å². The minimum absolute atomic E-state index is 0.0979. The van der Waals surface area contributed by atoms with Crippen LogP contribution in [0.15, 0.2) is 72.0 Å². The van der Waals surface area contributed by atoms with Gasteiger partial charge in [-0.05, 0) is 34.9 Å². The highest BCUT2D eigenvalue weighted by molar-refractivity contribution is 5.28. The van der Waals surface area contributed by atoms with E-state index in [0.717, 1.165) is 5.56 Å². The minimum Gasteiger partial charge on any atom is -0.508 e. The van der Waals surface area contributed by atoms with Crippen molar-refractivity contribution in [3.63, 3.8) is 0 Å². The van der Waals surface area contributed by atoms with Crippen molar-refractivity contribution in [2.75, 3.05) is 13.2 Å². The van der Waals surface area contributed by atoms with Crippen molar-refractivity contribution in [1.29, 1.82) is 0 Å². The molecule has 0 saturated carbocycles. The topological polar surface area (TPSA) is 90.2 Å². The van der Waals surface area contributed by atoms with E-state index in [2.05, 4.69) is 5.73 Å². The maximum Gasteiger partial charge on any atom is 0.115 e. The molecule has 0 aliphatic rings. The van der Waals surface area contributed by atoms with Gasteiger partial charge in [0.25, 0.3) is 0 Å². The smallest absolute Gasteiger partial charge is 0.115 e. The highest BCUT2D eigenvalue weighted by Crippen LogP contribution is 2.21. The molecule has 5 heteroatoms. The highest BCUT2D eigenvalue weighted by Gasteiger charge is 2.08. The first-order valence-corrected chi connectivity index (χ1v) is 8.89. The molecule has 2 atom stereocenters. The number of hydrogen-bond donors (Lipinski definition) is 4. The normalized spacial score (nSPS) is 12.9. The van der Waals surface area contributed by atoms with E-state index in [9.17, 15) is 20.4 Å². The van der Waals surface area contributed by atoms with Crippen molar-refractivity contribution in [1.82, 2.24) is 0 Å². The predicted molar refractivity (Wildman–Crippen MR) is 103 cm³/mol. The molecule has 27 heavy (non-hydrogen) atoms. The van der Waals surface area contributed by atoms with Crippen molar-refractivity contribution < 1.29 is 25.2 Å². The van der Waals surface area contributed by atoms with Gasteiger partial charge in [-0.2, -0.15) is 0 Å². The lowest BCUT2D eigenvalue weighted by Crippen LogP contribution is -2.16. The third-order valence-electron chi connectivity index (χ3n) is 4.00. The Morgan fingerprint density at radius 2 is 1.85 bits per heavy atom. The molecular formula is C22H26O5.